The van der Waals surface area contributed by atoms with Crippen LogP contribution in [0.4, 0.5) is 0 Å². The fraction of sp³-hybridized carbons (Fsp3) is 0.429. The van der Waals surface area contributed by atoms with Crippen LogP contribution in [-0.4, -0.2) is 27.5 Å². The highest BCUT2D eigenvalue weighted by molar-refractivity contribution is 5.58. The maximum Gasteiger partial charge on any atom is 0.258 e. The summed E-state index contributed by atoms with van der Waals surface area (Å²) in [6.07, 6.45) is -0.300. The summed E-state index contributed by atoms with van der Waals surface area (Å²) in [5, 5.41) is 22.7. The van der Waals surface area contributed by atoms with Crippen molar-refractivity contribution >= 4 is 0 Å². The molecule has 2 rings (SSSR count). The summed E-state index contributed by atoms with van der Waals surface area (Å²) in [4.78, 5) is 4.29. The Bertz CT molecular complexity index is 601. The molecule has 6 nitrogen and oxygen atoms in total. The van der Waals surface area contributed by atoms with Gasteiger partial charge in [-0.25, -0.2) is 0 Å². The van der Waals surface area contributed by atoms with Gasteiger partial charge in [0.25, 0.3) is 5.89 Å². The standard InChI is InChI=1S/C14H18N2O4/c1-14(2,3)11(19-4)12-15-13(20-16-12)8-5-6-9(17)10(18)7-8/h5-7,11,17-18H,1-4H3. The Hall–Kier alpha value is -2.08. The van der Waals surface area contributed by atoms with Crippen molar-refractivity contribution in [2.24, 2.45) is 5.41 Å². The maximum absolute atomic E-state index is 9.49. The van der Waals surface area contributed by atoms with Crippen LogP contribution < -0.4 is 0 Å². The van der Waals surface area contributed by atoms with Crippen LogP contribution in [0.15, 0.2) is 22.7 Å². The van der Waals surface area contributed by atoms with Crippen molar-refractivity contribution in [3.63, 3.8) is 0 Å². The van der Waals surface area contributed by atoms with E-state index < -0.39 is 0 Å². The summed E-state index contributed by atoms with van der Waals surface area (Å²) in [5.74, 6) is 0.281. The van der Waals surface area contributed by atoms with Gasteiger partial charge in [-0.1, -0.05) is 25.9 Å². The van der Waals surface area contributed by atoms with Gasteiger partial charge in [0.15, 0.2) is 11.5 Å². The largest absolute Gasteiger partial charge is 0.504 e. The van der Waals surface area contributed by atoms with E-state index in [1.54, 1.807) is 13.2 Å². The number of phenols is 2. The van der Waals surface area contributed by atoms with Crippen molar-refractivity contribution in [3.05, 3.63) is 24.0 Å². The van der Waals surface area contributed by atoms with E-state index >= 15 is 0 Å². The van der Waals surface area contributed by atoms with Gasteiger partial charge in [-0.15, -0.1) is 0 Å². The summed E-state index contributed by atoms with van der Waals surface area (Å²) >= 11 is 0. The Morgan fingerprint density at radius 3 is 2.45 bits per heavy atom. The van der Waals surface area contributed by atoms with Gasteiger partial charge >= 0.3 is 0 Å². The number of hydrogen-bond donors (Lipinski definition) is 2. The molecule has 1 unspecified atom stereocenters. The van der Waals surface area contributed by atoms with Crippen molar-refractivity contribution < 1.29 is 19.5 Å². The first-order valence-corrected chi connectivity index (χ1v) is 6.21. The first kappa shape index (κ1) is 14.3. The average molecular weight is 278 g/mol. The van der Waals surface area contributed by atoms with E-state index in [1.165, 1.54) is 12.1 Å². The Kier molecular flexibility index (Phi) is 3.67. The first-order chi connectivity index (χ1) is 9.32. The fourth-order valence-electron chi connectivity index (χ4n) is 1.96. The molecule has 1 aromatic carbocycles. The average Bonchev–Trinajstić information content (AvgIpc) is 2.81. The number of rotatable bonds is 3. The van der Waals surface area contributed by atoms with Gasteiger partial charge in [0.2, 0.25) is 5.82 Å². The molecule has 0 radical (unpaired) electrons. The minimum Gasteiger partial charge on any atom is -0.504 e. The van der Waals surface area contributed by atoms with Gasteiger partial charge in [-0.2, -0.15) is 4.98 Å². The van der Waals surface area contributed by atoms with Crippen LogP contribution in [-0.2, 0) is 4.74 Å². The van der Waals surface area contributed by atoms with Gasteiger partial charge in [0.1, 0.15) is 6.10 Å². The quantitative estimate of drug-likeness (QED) is 0.839. The highest BCUT2D eigenvalue weighted by Crippen LogP contribution is 2.35. The van der Waals surface area contributed by atoms with E-state index in [2.05, 4.69) is 10.1 Å². The molecule has 2 aromatic rings. The molecular formula is C14H18N2O4. The van der Waals surface area contributed by atoms with Crippen LogP contribution in [0.2, 0.25) is 0 Å². The second-order valence-electron chi connectivity index (χ2n) is 5.64. The number of benzene rings is 1. The minimum atomic E-state index is -0.300. The van der Waals surface area contributed by atoms with E-state index in [0.29, 0.717) is 11.4 Å². The van der Waals surface area contributed by atoms with Crippen LogP contribution in [0, 0.1) is 5.41 Å². The molecule has 0 aliphatic rings. The molecule has 0 saturated carbocycles. The van der Waals surface area contributed by atoms with Gasteiger partial charge < -0.3 is 19.5 Å². The lowest BCUT2D eigenvalue weighted by atomic mass is 9.88. The van der Waals surface area contributed by atoms with Gasteiger partial charge in [-0.05, 0) is 23.6 Å². The lowest BCUT2D eigenvalue weighted by Gasteiger charge is -2.26. The van der Waals surface area contributed by atoms with Crippen LogP contribution >= 0.6 is 0 Å². The summed E-state index contributed by atoms with van der Waals surface area (Å²) < 4.78 is 10.6. The molecule has 0 aliphatic heterocycles. The summed E-state index contributed by atoms with van der Waals surface area (Å²) in [6.45, 7) is 6.05. The van der Waals surface area contributed by atoms with E-state index in [-0.39, 0.29) is 28.9 Å². The fourth-order valence-corrected chi connectivity index (χ4v) is 1.96. The van der Waals surface area contributed by atoms with Gasteiger partial charge in [-0.3, -0.25) is 0 Å². The Balaban J connectivity index is 2.35. The summed E-state index contributed by atoms with van der Waals surface area (Å²) in [5.41, 5.74) is 0.357. The Morgan fingerprint density at radius 1 is 1.20 bits per heavy atom. The predicted octanol–water partition coefficient (Wildman–Crippen LogP) is 2.88. The highest BCUT2D eigenvalue weighted by atomic mass is 16.5. The van der Waals surface area contributed by atoms with Crippen LogP contribution in [0.25, 0.3) is 11.5 Å². The molecular weight excluding hydrogens is 260 g/mol. The number of ether oxygens (including phenoxy) is 1. The van der Waals surface area contributed by atoms with Crippen molar-refractivity contribution in [1.29, 1.82) is 0 Å². The number of hydrogen-bond acceptors (Lipinski definition) is 6. The second-order valence-corrected chi connectivity index (χ2v) is 5.64. The van der Waals surface area contributed by atoms with Gasteiger partial charge in [0, 0.05) is 12.7 Å². The number of aromatic hydroxyl groups is 2. The molecule has 0 bridgehead atoms. The molecule has 1 atom stereocenters. The van der Waals surface area contributed by atoms with Crippen molar-refractivity contribution in [3.8, 4) is 23.0 Å². The topological polar surface area (TPSA) is 88.6 Å². The molecule has 0 amide bonds. The van der Waals surface area contributed by atoms with Crippen LogP contribution in [0.5, 0.6) is 11.5 Å². The second kappa shape index (κ2) is 5.13. The zero-order valence-electron chi connectivity index (χ0n) is 11.9. The molecule has 1 aromatic heterocycles. The Morgan fingerprint density at radius 2 is 1.90 bits per heavy atom. The molecule has 108 valence electrons. The zero-order chi connectivity index (χ0) is 14.9. The zero-order valence-corrected chi connectivity index (χ0v) is 11.9. The molecule has 1 heterocycles. The minimum absolute atomic E-state index is 0.174. The molecule has 2 N–H and O–H groups in total. The molecule has 0 fully saturated rings. The van der Waals surface area contributed by atoms with Crippen molar-refractivity contribution in [1.82, 2.24) is 10.1 Å². The first-order valence-electron chi connectivity index (χ1n) is 6.21. The summed E-state index contributed by atoms with van der Waals surface area (Å²) in [7, 11) is 1.60. The van der Waals surface area contributed by atoms with E-state index in [4.69, 9.17) is 9.26 Å². The van der Waals surface area contributed by atoms with E-state index in [1.807, 2.05) is 20.8 Å². The monoisotopic (exact) mass is 278 g/mol. The highest BCUT2D eigenvalue weighted by Gasteiger charge is 2.30. The SMILES string of the molecule is COC(c1noc(-c2ccc(O)c(O)c2)n1)C(C)(C)C. The lowest BCUT2D eigenvalue weighted by molar-refractivity contribution is 0.00718. The van der Waals surface area contributed by atoms with E-state index in [9.17, 15) is 10.2 Å². The number of aromatic nitrogens is 2. The van der Waals surface area contributed by atoms with Crippen molar-refractivity contribution in [2.75, 3.05) is 7.11 Å². The van der Waals surface area contributed by atoms with Crippen LogP contribution in [0.3, 0.4) is 0 Å². The Labute approximate surface area is 117 Å². The normalized spacial score (nSPS) is 13.4. The third kappa shape index (κ3) is 2.75. The predicted molar refractivity (Wildman–Crippen MR) is 72.3 cm³/mol. The van der Waals surface area contributed by atoms with Crippen LogP contribution in [0.1, 0.15) is 32.7 Å². The van der Waals surface area contributed by atoms with E-state index in [0.717, 1.165) is 0 Å². The maximum atomic E-state index is 9.49. The van der Waals surface area contributed by atoms with Gasteiger partial charge in [0.05, 0.1) is 0 Å². The van der Waals surface area contributed by atoms with Crippen molar-refractivity contribution in [2.45, 2.75) is 26.9 Å². The number of phenolic OH excluding ortho intramolecular Hbond substituents is 2. The number of nitrogens with zero attached hydrogens (tertiary/aromatic N) is 2. The summed E-state index contributed by atoms with van der Waals surface area (Å²) in [6, 6.07) is 4.32. The molecule has 0 spiro atoms. The third-order valence-electron chi connectivity index (χ3n) is 2.92. The third-order valence-corrected chi connectivity index (χ3v) is 2.92. The molecule has 0 saturated heterocycles. The lowest BCUT2D eigenvalue weighted by Crippen LogP contribution is -2.21. The number of methoxy groups -OCH3 is 1. The smallest absolute Gasteiger partial charge is 0.258 e. The molecule has 6 heteroatoms. The molecule has 20 heavy (non-hydrogen) atoms. The molecule has 0 aliphatic carbocycles.